The van der Waals surface area contributed by atoms with E-state index in [1.165, 1.54) is 6.08 Å². The lowest BCUT2D eigenvalue weighted by molar-refractivity contribution is -0.124. The van der Waals surface area contributed by atoms with Crippen LogP contribution in [0, 0.1) is 0 Å². The Bertz CT molecular complexity index is 733. The molecule has 0 saturated carbocycles. The van der Waals surface area contributed by atoms with Crippen LogP contribution in [0.5, 0.6) is 0 Å². The summed E-state index contributed by atoms with van der Waals surface area (Å²) in [5, 5.41) is 8.56. The summed E-state index contributed by atoms with van der Waals surface area (Å²) in [6.07, 6.45) is 4.97. The number of hydrogen-bond donors (Lipinski definition) is 2. The molecule has 0 aliphatic carbocycles. The van der Waals surface area contributed by atoms with Crippen molar-refractivity contribution >= 4 is 23.0 Å². The zero-order valence-electron chi connectivity index (χ0n) is 17.3. The zero-order chi connectivity index (χ0) is 20.2. The van der Waals surface area contributed by atoms with Crippen molar-refractivity contribution in [3.8, 4) is 0 Å². The molecule has 1 aromatic heterocycles. The molecule has 0 radical (unpaired) electrons. The summed E-state index contributed by atoms with van der Waals surface area (Å²) in [4.78, 5) is 18.3. The number of aromatic nitrogens is 2. The Morgan fingerprint density at radius 1 is 1.26 bits per heavy atom. The van der Waals surface area contributed by atoms with E-state index >= 15 is 0 Å². The Hall–Kier alpha value is -2.18. The molecule has 0 atom stereocenters. The van der Waals surface area contributed by atoms with Gasteiger partial charge in [-0.1, -0.05) is 40.7 Å². The summed E-state index contributed by atoms with van der Waals surface area (Å²) in [6.45, 7) is 14.6. The molecule has 0 fully saturated rings. The minimum Gasteiger partial charge on any atom is -0.327 e. The highest BCUT2D eigenvalue weighted by molar-refractivity contribution is 5.91. The van der Waals surface area contributed by atoms with E-state index in [4.69, 9.17) is 10.2 Å². The van der Waals surface area contributed by atoms with Crippen LogP contribution in [0.4, 0.5) is 0 Å². The van der Waals surface area contributed by atoms with E-state index in [1.54, 1.807) is 11.6 Å². The molecule has 6 heteroatoms. The van der Waals surface area contributed by atoms with Crippen molar-refractivity contribution in [1.82, 2.24) is 19.9 Å². The van der Waals surface area contributed by atoms with E-state index in [0.717, 1.165) is 61.4 Å². The smallest absolute Gasteiger partial charge is 0.267 e. The molecule has 1 amide bonds. The summed E-state index contributed by atoms with van der Waals surface area (Å²) < 4.78 is 2.31. The van der Waals surface area contributed by atoms with Crippen LogP contribution in [-0.4, -0.2) is 45.2 Å². The number of carbonyl (C=O) groups is 1. The van der Waals surface area contributed by atoms with Crippen LogP contribution < -0.4 is 5.48 Å². The number of aryl methyl sites for hydroxylation is 1. The molecule has 0 unspecified atom stereocenters. The normalized spacial score (nSPS) is 11.1. The fourth-order valence-corrected chi connectivity index (χ4v) is 2.95. The highest BCUT2D eigenvalue weighted by atomic mass is 16.5. The fraction of sp³-hybridized carbons (Fsp3) is 0.524. The first-order valence-electron chi connectivity index (χ1n) is 9.96. The maximum Gasteiger partial charge on any atom is 0.267 e. The molecule has 0 aliphatic heterocycles. The van der Waals surface area contributed by atoms with Gasteiger partial charge in [0, 0.05) is 25.6 Å². The number of rotatable bonds is 9. The first-order chi connectivity index (χ1) is 13.1. The van der Waals surface area contributed by atoms with Crippen molar-refractivity contribution in [2.75, 3.05) is 19.6 Å². The summed E-state index contributed by atoms with van der Waals surface area (Å²) in [7, 11) is 0. The van der Waals surface area contributed by atoms with Crippen LogP contribution in [0.2, 0.25) is 0 Å². The van der Waals surface area contributed by atoms with Gasteiger partial charge in [0.1, 0.15) is 5.82 Å². The van der Waals surface area contributed by atoms with Crippen LogP contribution >= 0.6 is 0 Å². The molecule has 150 valence electrons. The molecule has 2 N–H and O–H groups in total. The van der Waals surface area contributed by atoms with Crippen molar-refractivity contribution in [2.45, 2.75) is 54.0 Å². The molecular weight excluding hydrogens is 340 g/mol. The summed E-state index contributed by atoms with van der Waals surface area (Å²) >= 11 is 0. The lowest BCUT2D eigenvalue weighted by Gasteiger charge is -2.19. The number of nitrogens with zero attached hydrogens (tertiary/aromatic N) is 3. The molecule has 6 nitrogen and oxygen atoms in total. The number of nitrogens with one attached hydrogen (secondary N) is 1. The van der Waals surface area contributed by atoms with Gasteiger partial charge in [-0.2, -0.15) is 0 Å². The Morgan fingerprint density at radius 3 is 2.56 bits per heavy atom. The Kier molecular flexibility index (Phi) is 10.4. The molecule has 27 heavy (non-hydrogen) atoms. The Labute approximate surface area is 162 Å². The van der Waals surface area contributed by atoms with E-state index in [9.17, 15) is 4.79 Å². The van der Waals surface area contributed by atoms with Gasteiger partial charge >= 0.3 is 0 Å². The minimum absolute atomic E-state index is 0.545. The third kappa shape index (κ3) is 6.48. The third-order valence-electron chi connectivity index (χ3n) is 4.40. The average molecular weight is 375 g/mol. The van der Waals surface area contributed by atoms with E-state index < -0.39 is 5.91 Å². The topological polar surface area (TPSA) is 70.4 Å². The average Bonchev–Trinajstić information content (AvgIpc) is 3.05. The first-order valence-corrected chi connectivity index (χ1v) is 9.96. The standard InChI is InChI=1S/C19H28N4O2.C2H6/c1-4-7-18-20-16-14-15(9-11-19(24)21-25)8-10-17(16)23(18)13-12-22(5-2)6-3;1-2/h8-11,14,25H,4-7,12-13H2,1-3H3,(H,21,24);1-2H3/b11-9+;. The number of fused-ring (bicyclic) bond motifs is 1. The summed E-state index contributed by atoms with van der Waals surface area (Å²) in [6, 6.07) is 6.00. The van der Waals surface area contributed by atoms with Crippen molar-refractivity contribution < 1.29 is 10.0 Å². The number of hydroxylamine groups is 1. The van der Waals surface area contributed by atoms with Gasteiger partial charge in [0.15, 0.2) is 0 Å². The third-order valence-corrected chi connectivity index (χ3v) is 4.40. The number of carbonyl (C=O) groups excluding carboxylic acids is 1. The molecule has 1 heterocycles. The monoisotopic (exact) mass is 374 g/mol. The van der Waals surface area contributed by atoms with Crippen LogP contribution in [-0.2, 0) is 17.8 Å². The summed E-state index contributed by atoms with van der Waals surface area (Å²) in [5.74, 6) is 0.565. The predicted octanol–water partition coefficient (Wildman–Crippen LogP) is 3.88. The molecule has 1 aromatic carbocycles. The van der Waals surface area contributed by atoms with Crippen LogP contribution in [0.25, 0.3) is 17.1 Å². The highest BCUT2D eigenvalue weighted by Crippen LogP contribution is 2.20. The van der Waals surface area contributed by atoms with Gasteiger partial charge in [0.25, 0.3) is 5.91 Å². The van der Waals surface area contributed by atoms with Crippen molar-refractivity contribution in [2.24, 2.45) is 0 Å². The van der Waals surface area contributed by atoms with Crippen molar-refractivity contribution in [3.63, 3.8) is 0 Å². The zero-order valence-corrected chi connectivity index (χ0v) is 17.3. The van der Waals surface area contributed by atoms with Crippen LogP contribution in [0.1, 0.15) is 52.4 Å². The quantitative estimate of drug-likeness (QED) is 0.397. The van der Waals surface area contributed by atoms with Gasteiger partial charge in [0.05, 0.1) is 11.0 Å². The predicted molar refractivity (Wildman–Crippen MR) is 112 cm³/mol. The minimum atomic E-state index is -0.545. The molecule has 0 spiro atoms. The number of likely N-dealkylation sites (N-methyl/N-ethyl adjacent to an activating group) is 1. The van der Waals surface area contributed by atoms with Crippen LogP contribution in [0.3, 0.4) is 0 Å². The number of amides is 1. The van der Waals surface area contributed by atoms with Gasteiger partial charge in [0.2, 0.25) is 0 Å². The lowest BCUT2D eigenvalue weighted by atomic mass is 10.2. The number of benzene rings is 1. The molecule has 2 aromatic rings. The second kappa shape index (κ2) is 12.3. The molecule has 0 bridgehead atoms. The highest BCUT2D eigenvalue weighted by Gasteiger charge is 2.11. The first kappa shape index (κ1) is 22.9. The molecule has 2 rings (SSSR count). The largest absolute Gasteiger partial charge is 0.327 e. The molecular formula is C21H34N4O2. The second-order valence-corrected chi connectivity index (χ2v) is 6.01. The number of hydrogen-bond acceptors (Lipinski definition) is 4. The van der Waals surface area contributed by atoms with E-state index in [2.05, 4.69) is 36.3 Å². The van der Waals surface area contributed by atoms with E-state index in [1.807, 2.05) is 26.0 Å². The maximum absolute atomic E-state index is 11.1. The molecule has 0 aliphatic rings. The van der Waals surface area contributed by atoms with Gasteiger partial charge in [-0.05, 0) is 43.3 Å². The summed E-state index contributed by atoms with van der Waals surface area (Å²) in [5.41, 5.74) is 4.54. The fourth-order valence-electron chi connectivity index (χ4n) is 2.95. The second-order valence-electron chi connectivity index (χ2n) is 6.01. The van der Waals surface area contributed by atoms with E-state index in [-0.39, 0.29) is 0 Å². The van der Waals surface area contributed by atoms with Gasteiger partial charge in [-0.15, -0.1) is 0 Å². The SMILES string of the molecule is CC.CCCc1nc2cc(/C=C/C(=O)NO)ccc2n1CCN(CC)CC. The van der Waals surface area contributed by atoms with E-state index in [0.29, 0.717) is 0 Å². The van der Waals surface area contributed by atoms with Gasteiger partial charge in [-0.3, -0.25) is 10.0 Å². The van der Waals surface area contributed by atoms with Crippen LogP contribution in [0.15, 0.2) is 24.3 Å². The van der Waals surface area contributed by atoms with Crippen molar-refractivity contribution in [1.29, 1.82) is 0 Å². The Balaban J connectivity index is 0.00000176. The van der Waals surface area contributed by atoms with Gasteiger partial charge < -0.3 is 9.47 Å². The lowest BCUT2D eigenvalue weighted by Crippen LogP contribution is -2.27. The maximum atomic E-state index is 11.1. The van der Waals surface area contributed by atoms with Crippen molar-refractivity contribution in [3.05, 3.63) is 35.7 Å². The number of imidazole rings is 1. The van der Waals surface area contributed by atoms with Gasteiger partial charge in [-0.25, -0.2) is 10.5 Å². The molecule has 0 saturated heterocycles. The Morgan fingerprint density at radius 2 is 1.96 bits per heavy atom.